The third-order valence-corrected chi connectivity index (χ3v) is 5.43. The van der Waals surface area contributed by atoms with Gasteiger partial charge in [-0.05, 0) is 52.5 Å². The lowest BCUT2D eigenvalue weighted by molar-refractivity contribution is 0.171. The molecule has 0 aliphatic heterocycles. The summed E-state index contributed by atoms with van der Waals surface area (Å²) in [6.45, 7) is 0. The molecule has 1 N–H and O–H groups in total. The van der Waals surface area contributed by atoms with Crippen molar-refractivity contribution in [1.29, 1.82) is 0 Å². The number of halogens is 2. The van der Waals surface area contributed by atoms with Gasteiger partial charge in [0.25, 0.3) is 0 Å². The number of methoxy groups -OCH3 is 1. The summed E-state index contributed by atoms with van der Waals surface area (Å²) in [4.78, 5) is 0.894. The van der Waals surface area contributed by atoms with Gasteiger partial charge in [-0.3, -0.25) is 0 Å². The highest BCUT2D eigenvalue weighted by atomic mass is 79.9. The van der Waals surface area contributed by atoms with Gasteiger partial charge < -0.3 is 9.84 Å². The number of aryl methyl sites for hydroxylation is 1. The Balaban J connectivity index is 1.94. The number of thiophene rings is 1. The first-order valence-corrected chi connectivity index (χ1v) is 7.84. The molecule has 1 aromatic carbocycles. The van der Waals surface area contributed by atoms with Crippen molar-refractivity contribution < 1.29 is 9.84 Å². The fourth-order valence-electron chi connectivity index (χ4n) is 1.77. The normalized spacial score (nSPS) is 12.4. The lowest BCUT2D eigenvalue weighted by Crippen LogP contribution is -1.97. The Morgan fingerprint density at radius 3 is 2.58 bits per heavy atom. The molecule has 1 heterocycles. The number of aliphatic hydroxyl groups is 1. The summed E-state index contributed by atoms with van der Waals surface area (Å²) >= 11 is 10.7. The Bertz CT molecular complexity index is 519. The molecule has 0 saturated carbocycles. The minimum absolute atomic E-state index is 0.476. The highest BCUT2D eigenvalue weighted by Crippen LogP contribution is 2.36. The van der Waals surface area contributed by atoms with E-state index in [2.05, 4.69) is 15.9 Å². The molecule has 1 aromatic heterocycles. The summed E-state index contributed by atoms with van der Waals surface area (Å²) in [7, 11) is 1.65. The maximum Gasteiger partial charge on any atom is 0.118 e. The predicted octanol–water partition coefficient (Wildman–Crippen LogP) is 4.84. The molecule has 0 bridgehead atoms. The molecule has 0 radical (unpaired) electrons. The molecule has 0 amide bonds. The molecule has 0 aliphatic rings. The number of aliphatic hydroxyl groups excluding tert-OH is 1. The van der Waals surface area contributed by atoms with Crippen LogP contribution in [0.4, 0.5) is 0 Å². The second-order valence-corrected chi connectivity index (χ2v) is 6.71. The lowest BCUT2D eigenvalue weighted by Gasteiger charge is -2.08. The smallest absolute Gasteiger partial charge is 0.118 e. The van der Waals surface area contributed by atoms with E-state index in [-0.39, 0.29) is 0 Å². The Kier molecular flexibility index (Phi) is 5.28. The van der Waals surface area contributed by atoms with Crippen molar-refractivity contribution in [3.8, 4) is 5.75 Å². The van der Waals surface area contributed by atoms with Crippen LogP contribution in [0.5, 0.6) is 5.75 Å². The summed E-state index contributed by atoms with van der Waals surface area (Å²) in [6.07, 6.45) is 1.02. The van der Waals surface area contributed by atoms with Crippen molar-refractivity contribution in [1.82, 2.24) is 0 Å². The van der Waals surface area contributed by atoms with Crippen LogP contribution in [0.2, 0.25) is 4.34 Å². The van der Waals surface area contributed by atoms with Crippen molar-refractivity contribution in [2.24, 2.45) is 0 Å². The fraction of sp³-hybridized carbons (Fsp3) is 0.286. The Labute approximate surface area is 130 Å². The fourth-order valence-corrected chi connectivity index (χ4v) is 3.52. The van der Waals surface area contributed by atoms with Crippen LogP contribution in [-0.2, 0) is 6.42 Å². The van der Waals surface area contributed by atoms with Crippen molar-refractivity contribution in [3.63, 3.8) is 0 Å². The molecule has 0 saturated heterocycles. The largest absolute Gasteiger partial charge is 0.497 e. The number of hydrogen-bond donors (Lipinski definition) is 1. The summed E-state index contributed by atoms with van der Waals surface area (Å²) in [5.41, 5.74) is 1.18. The standard InChI is InChI=1S/C14H14BrClO2S/c1-18-10-5-2-9(3-6-10)4-7-12(17)13-8-11(15)14(16)19-13/h2-3,5-6,8,12,17H,4,7H2,1H3. The van der Waals surface area contributed by atoms with Gasteiger partial charge in [0.05, 0.1) is 13.2 Å². The van der Waals surface area contributed by atoms with Crippen LogP contribution in [0.3, 0.4) is 0 Å². The zero-order valence-corrected chi connectivity index (χ0v) is 13.6. The Morgan fingerprint density at radius 2 is 2.05 bits per heavy atom. The first kappa shape index (κ1) is 14.9. The predicted molar refractivity (Wildman–Crippen MR) is 83.3 cm³/mol. The van der Waals surface area contributed by atoms with Crippen LogP contribution in [0.1, 0.15) is 23.0 Å². The van der Waals surface area contributed by atoms with E-state index in [1.807, 2.05) is 30.3 Å². The van der Waals surface area contributed by atoms with Crippen molar-refractivity contribution in [2.75, 3.05) is 7.11 Å². The molecule has 102 valence electrons. The second-order valence-electron chi connectivity index (χ2n) is 4.17. The zero-order valence-electron chi connectivity index (χ0n) is 10.4. The first-order valence-electron chi connectivity index (χ1n) is 5.86. The molecular weight excluding hydrogens is 348 g/mol. The van der Waals surface area contributed by atoms with Crippen molar-refractivity contribution >= 4 is 38.9 Å². The van der Waals surface area contributed by atoms with Crippen molar-refractivity contribution in [2.45, 2.75) is 18.9 Å². The van der Waals surface area contributed by atoms with E-state index in [1.54, 1.807) is 7.11 Å². The van der Waals surface area contributed by atoms with Gasteiger partial charge in [-0.25, -0.2) is 0 Å². The molecule has 0 spiro atoms. The Morgan fingerprint density at radius 1 is 1.37 bits per heavy atom. The maximum absolute atomic E-state index is 10.1. The number of rotatable bonds is 5. The average Bonchev–Trinajstić information content (AvgIpc) is 2.77. The van der Waals surface area contributed by atoms with E-state index < -0.39 is 6.10 Å². The van der Waals surface area contributed by atoms with Crippen LogP contribution in [-0.4, -0.2) is 12.2 Å². The molecule has 2 rings (SSSR count). The molecule has 19 heavy (non-hydrogen) atoms. The summed E-state index contributed by atoms with van der Waals surface area (Å²) < 4.78 is 6.64. The van der Waals surface area contributed by atoms with Gasteiger partial charge in [-0.1, -0.05) is 23.7 Å². The molecule has 5 heteroatoms. The van der Waals surface area contributed by atoms with Gasteiger partial charge in [-0.2, -0.15) is 0 Å². The van der Waals surface area contributed by atoms with Crippen LogP contribution in [0, 0.1) is 0 Å². The van der Waals surface area contributed by atoms with Crippen LogP contribution in [0.15, 0.2) is 34.8 Å². The number of ether oxygens (including phenoxy) is 1. The SMILES string of the molecule is COc1ccc(CCC(O)c2cc(Br)c(Cl)s2)cc1. The summed E-state index contributed by atoms with van der Waals surface area (Å²) in [5, 5.41) is 10.1. The first-order chi connectivity index (χ1) is 9.10. The van der Waals surface area contributed by atoms with Gasteiger partial charge in [0.1, 0.15) is 10.1 Å². The highest BCUT2D eigenvalue weighted by Gasteiger charge is 2.13. The van der Waals surface area contributed by atoms with Gasteiger partial charge >= 0.3 is 0 Å². The third kappa shape index (κ3) is 3.96. The van der Waals surface area contributed by atoms with E-state index in [0.717, 1.165) is 21.5 Å². The molecule has 0 fully saturated rings. The minimum atomic E-state index is -0.476. The highest BCUT2D eigenvalue weighted by molar-refractivity contribution is 9.10. The van der Waals surface area contributed by atoms with Gasteiger partial charge in [-0.15, -0.1) is 11.3 Å². The van der Waals surface area contributed by atoms with E-state index in [1.165, 1.54) is 16.9 Å². The van der Waals surface area contributed by atoms with Gasteiger partial charge in [0.2, 0.25) is 0 Å². The van der Waals surface area contributed by atoms with E-state index in [0.29, 0.717) is 10.8 Å². The van der Waals surface area contributed by atoms with E-state index in [9.17, 15) is 5.11 Å². The third-order valence-electron chi connectivity index (χ3n) is 2.86. The van der Waals surface area contributed by atoms with Gasteiger partial charge in [0, 0.05) is 9.35 Å². The molecule has 2 aromatic rings. The van der Waals surface area contributed by atoms with Gasteiger partial charge in [0.15, 0.2) is 0 Å². The summed E-state index contributed by atoms with van der Waals surface area (Å²) in [5.74, 6) is 0.846. The Hall–Kier alpha value is -0.550. The zero-order chi connectivity index (χ0) is 13.8. The molecular formula is C14H14BrClO2S. The van der Waals surface area contributed by atoms with E-state index in [4.69, 9.17) is 16.3 Å². The molecule has 0 aliphatic carbocycles. The van der Waals surface area contributed by atoms with Crippen LogP contribution >= 0.6 is 38.9 Å². The molecule has 1 atom stereocenters. The maximum atomic E-state index is 10.1. The minimum Gasteiger partial charge on any atom is -0.497 e. The van der Waals surface area contributed by atoms with Crippen molar-refractivity contribution in [3.05, 3.63) is 49.6 Å². The topological polar surface area (TPSA) is 29.5 Å². The monoisotopic (exact) mass is 360 g/mol. The quantitative estimate of drug-likeness (QED) is 0.826. The summed E-state index contributed by atoms with van der Waals surface area (Å²) in [6, 6.07) is 9.78. The van der Waals surface area contributed by atoms with Crippen LogP contribution in [0.25, 0.3) is 0 Å². The average molecular weight is 362 g/mol. The molecule has 1 unspecified atom stereocenters. The number of benzene rings is 1. The lowest BCUT2D eigenvalue weighted by atomic mass is 10.1. The van der Waals surface area contributed by atoms with E-state index >= 15 is 0 Å². The van der Waals surface area contributed by atoms with Crippen LogP contribution < -0.4 is 4.74 Å². The number of hydrogen-bond acceptors (Lipinski definition) is 3. The molecule has 2 nitrogen and oxygen atoms in total. The second kappa shape index (κ2) is 6.75.